The van der Waals surface area contributed by atoms with Crippen molar-refractivity contribution in [3.63, 3.8) is 0 Å². The highest BCUT2D eigenvalue weighted by Crippen LogP contribution is 2.25. The zero-order valence-corrected chi connectivity index (χ0v) is 11.2. The second-order valence-electron chi connectivity index (χ2n) is 5.05. The molecular weight excluding hydrogens is 287 g/mol. The molecule has 0 aromatic carbocycles. The highest BCUT2D eigenvalue weighted by Gasteiger charge is 2.29. The Morgan fingerprint density at radius 3 is 2.71 bits per heavy atom. The van der Waals surface area contributed by atoms with Gasteiger partial charge >= 0.3 is 6.18 Å². The zero-order valence-electron chi connectivity index (χ0n) is 11.2. The van der Waals surface area contributed by atoms with Crippen molar-refractivity contribution < 1.29 is 22.7 Å². The van der Waals surface area contributed by atoms with Crippen LogP contribution in [-0.4, -0.2) is 29.7 Å². The molecule has 1 aromatic heterocycles. The third-order valence-corrected chi connectivity index (χ3v) is 3.23. The standard InChI is InChI=1S/C13H16F3N3O2/c14-13(15,16)7-21-11-4-3-10(6-18-11)19-12(20)8-1-2-9(17)5-8/h3-4,6,8-9H,1-2,5,7,17H2,(H,19,20). The van der Waals surface area contributed by atoms with Crippen LogP contribution in [0.4, 0.5) is 18.9 Å². The van der Waals surface area contributed by atoms with E-state index in [1.165, 1.54) is 18.3 Å². The smallest absolute Gasteiger partial charge is 0.422 e. The van der Waals surface area contributed by atoms with Gasteiger partial charge in [-0.25, -0.2) is 4.98 Å². The molecule has 1 aliphatic carbocycles. The third-order valence-electron chi connectivity index (χ3n) is 3.23. The summed E-state index contributed by atoms with van der Waals surface area (Å²) in [5.74, 6) is -0.414. The van der Waals surface area contributed by atoms with Crippen LogP contribution in [0.1, 0.15) is 19.3 Å². The van der Waals surface area contributed by atoms with Crippen molar-refractivity contribution in [2.75, 3.05) is 11.9 Å². The van der Waals surface area contributed by atoms with Gasteiger partial charge in [-0.15, -0.1) is 0 Å². The number of halogens is 3. The van der Waals surface area contributed by atoms with Crippen molar-refractivity contribution in [1.82, 2.24) is 4.98 Å². The van der Waals surface area contributed by atoms with Gasteiger partial charge in [0.25, 0.3) is 0 Å². The van der Waals surface area contributed by atoms with Gasteiger partial charge in [0, 0.05) is 18.0 Å². The Kier molecular flexibility index (Phi) is 4.66. The summed E-state index contributed by atoms with van der Waals surface area (Å²) in [4.78, 5) is 15.6. The van der Waals surface area contributed by atoms with Crippen LogP contribution in [0.25, 0.3) is 0 Å². The molecule has 0 spiro atoms. The molecule has 2 atom stereocenters. The van der Waals surface area contributed by atoms with Gasteiger partial charge in [0.1, 0.15) is 0 Å². The van der Waals surface area contributed by atoms with E-state index in [1.54, 1.807) is 0 Å². The molecule has 3 N–H and O–H groups in total. The minimum atomic E-state index is -4.41. The largest absolute Gasteiger partial charge is 0.468 e. The number of anilines is 1. The third kappa shape index (κ3) is 4.89. The Hall–Kier alpha value is -1.83. The van der Waals surface area contributed by atoms with Gasteiger partial charge in [-0.3, -0.25) is 4.79 Å². The number of carbonyl (C=O) groups excluding carboxylic acids is 1. The molecule has 1 saturated carbocycles. The molecule has 1 amide bonds. The van der Waals surface area contributed by atoms with E-state index in [9.17, 15) is 18.0 Å². The van der Waals surface area contributed by atoms with Gasteiger partial charge in [0.2, 0.25) is 11.8 Å². The summed E-state index contributed by atoms with van der Waals surface area (Å²) in [5, 5.41) is 2.67. The first-order chi connectivity index (χ1) is 9.83. The van der Waals surface area contributed by atoms with E-state index < -0.39 is 12.8 Å². The molecule has 0 aliphatic heterocycles. The van der Waals surface area contributed by atoms with Crippen LogP contribution in [0.3, 0.4) is 0 Å². The van der Waals surface area contributed by atoms with E-state index >= 15 is 0 Å². The van der Waals surface area contributed by atoms with Crippen LogP contribution < -0.4 is 15.8 Å². The number of pyridine rings is 1. The normalized spacial score (nSPS) is 22.1. The van der Waals surface area contributed by atoms with Crippen LogP contribution in [0.15, 0.2) is 18.3 Å². The summed E-state index contributed by atoms with van der Waals surface area (Å²) < 4.78 is 40.4. The molecule has 1 fully saturated rings. The van der Waals surface area contributed by atoms with Crippen LogP contribution in [0.5, 0.6) is 5.88 Å². The summed E-state index contributed by atoms with van der Waals surface area (Å²) in [7, 11) is 0. The molecular formula is C13H16F3N3O2. The molecule has 1 aliphatic rings. The van der Waals surface area contributed by atoms with E-state index in [1.807, 2.05) is 0 Å². The number of nitrogens with one attached hydrogen (secondary N) is 1. The highest BCUT2D eigenvalue weighted by atomic mass is 19.4. The number of hydrogen-bond acceptors (Lipinski definition) is 4. The number of nitrogens with two attached hydrogens (primary N) is 1. The SMILES string of the molecule is NC1CCC(C(=O)Nc2ccc(OCC(F)(F)F)nc2)C1. The Labute approximate surface area is 119 Å². The van der Waals surface area contributed by atoms with Crippen LogP contribution >= 0.6 is 0 Å². The molecule has 21 heavy (non-hydrogen) atoms. The van der Waals surface area contributed by atoms with E-state index in [-0.39, 0.29) is 23.7 Å². The summed E-state index contributed by atoms with van der Waals surface area (Å²) in [5.41, 5.74) is 6.16. The predicted octanol–water partition coefficient (Wildman–Crippen LogP) is 2.09. The first-order valence-electron chi connectivity index (χ1n) is 6.55. The second-order valence-corrected chi connectivity index (χ2v) is 5.05. The van der Waals surface area contributed by atoms with Crippen molar-refractivity contribution in [3.8, 4) is 5.88 Å². The summed E-state index contributed by atoms with van der Waals surface area (Å²) in [6.45, 7) is -1.40. The summed E-state index contributed by atoms with van der Waals surface area (Å²) in [6.07, 6.45) is -0.936. The maximum absolute atomic E-state index is 12.0. The highest BCUT2D eigenvalue weighted by molar-refractivity contribution is 5.92. The fourth-order valence-corrected chi connectivity index (χ4v) is 2.19. The lowest BCUT2D eigenvalue weighted by Crippen LogP contribution is -2.23. The number of aromatic nitrogens is 1. The summed E-state index contributed by atoms with van der Waals surface area (Å²) >= 11 is 0. The van der Waals surface area contributed by atoms with Crippen molar-refractivity contribution in [3.05, 3.63) is 18.3 Å². The molecule has 2 rings (SSSR count). The minimum Gasteiger partial charge on any atom is -0.468 e. The second kappa shape index (κ2) is 6.30. The average Bonchev–Trinajstić information content (AvgIpc) is 2.84. The molecule has 1 heterocycles. The lowest BCUT2D eigenvalue weighted by molar-refractivity contribution is -0.154. The van der Waals surface area contributed by atoms with Crippen LogP contribution in [-0.2, 0) is 4.79 Å². The van der Waals surface area contributed by atoms with Crippen LogP contribution in [0, 0.1) is 5.92 Å². The summed E-state index contributed by atoms with van der Waals surface area (Å²) in [6, 6.07) is 2.78. The van der Waals surface area contributed by atoms with Gasteiger partial charge in [-0.05, 0) is 25.3 Å². The molecule has 116 valence electrons. The van der Waals surface area contributed by atoms with E-state index in [0.717, 1.165) is 12.8 Å². The average molecular weight is 303 g/mol. The number of nitrogens with zero attached hydrogens (tertiary/aromatic N) is 1. The number of carbonyl (C=O) groups is 1. The van der Waals surface area contributed by atoms with Gasteiger partial charge in [0.15, 0.2) is 6.61 Å². The van der Waals surface area contributed by atoms with Gasteiger partial charge in [-0.1, -0.05) is 0 Å². The molecule has 0 radical (unpaired) electrons. The van der Waals surface area contributed by atoms with E-state index in [4.69, 9.17) is 5.73 Å². The number of ether oxygens (including phenoxy) is 1. The van der Waals surface area contributed by atoms with Crippen molar-refractivity contribution >= 4 is 11.6 Å². The number of amides is 1. The van der Waals surface area contributed by atoms with E-state index in [0.29, 0.717) is 12.1 Å². The quantitative estimate of drug-likeness (QED) is 0.893. The Balaban J connectivity index is 1.86. The molecule has 0 bridgehead atoms. The van der Waals surface area contributed by atoms with Crippen LogP contribution in [0.2, 0.25) is 0 Å². The lowest BCUT2D eigenvalue weighted by atomic mass is 10.1. The fourth-order valence-electron chi connectivity index (χ4n) is 2.19. The first kappa shape index (κ1) is 15.6. The fraction of sp³-hybridized carbons (Fsp3) is 0.538. The van der Waals surface area contributed by atoms with Crippen molar-refractivity contribution in [2.45, 2.75) is 31.5 Å². The molecule has 5 nitrogen and oxygen atoms in total. The Bertz CT molecular complexity index is 490. The van der Waals surface area contributed by atoms with Gasteiger partial charge in [0.05, 0.1) is 11.9 Å². The molecule has 8 heteroatoms. The van der Waals surface area contributed by atoms with Crippen molar-refractivity contribution in [1.29, 1.82) is 0 Å². The lowest BCUT2D eigenvalue weighted by Gasteiger charge is -2.11. The molecule has 1 aromatic rings. The maximum Gasteiger partial charge on any atom is 0.422 e. The Morgan fingerprint density at radius 1 is 1.43 bits per heavy atom. The van der Waals surface area contributed by atoms with E-state index in [2.05, 4.69) is 15.0 Å². The molecule has 0 saturated heterocycles. The number of hydrogen-bond donors (Lipinski definition) is 2. The minimum absolute atomic E-state index is 0.0528. The maximum atomic E-state index is 12.0. The monoisotopic (exact) mass is 303 g/mol. The first-order valence-corrected chi connectivity index (χ1v) is 6.55. The van der Waals surface area contributed by atoms with Crippen molar-refractivity contribution in [2.24, 2.45) is 11.7 Å². The molecule has 2 unspecified atom stereocenters. The van der Waals surface area contributed by atoms with Gasteiger partial charge < -0.3 is 15.8 Å². The number of alkyl halides is 3. The van der Waals surface area contributed by atoms with Gasteiger partial charge in [-0.2, -0.15) is 13.2 Å². The Morgan fingerprint density at radius 2 is 2.19 bits per heavy atom. The predicted molar refractivity (Wildman–Crippen MR) is 69.7 cm³/mol. The topological polar surface area (TPSA) is 77.2 Å². The number of rotatable bonds is 4. The zero-order chi connectivity index (χ0) is 15.5.